The summed E-state index contributed by atoms with van der Waals surface area (Å²) < 4.78 is 4.92. The first-order valence-corrected chi connectivity index (χ1v) is 11.7. The van der Waals surface area contributed by atoms with Crippen LogP contribution in [0.15, 0.2) is 42.5 Å². The zero-order valence-electron chi connectivity index (χ0n) is 18.4. The van der Waals surface area contributed by atoms with Crippen molar-refractivity contribution in [2.75, 3.05) is 38.2 Å². The van der Waals surface area contributed by atoms with Crippen LogP contribution in [0.2, 0.25) is 10.0 Å². The number of halogens is 2. The first kappa shape index (κ1) is 22.4. The Kier molecular flexibility index (Phi) is 6.52. The van der Waals surface area contributed by atoms with Gasteiger partial charge >= 0.3 is 5.97 Å². The Morgan fingerprint density at radius 2 is 1.58 bits per heavy atom. The van der Waals surface area contributed by atoms with Crippen molar-refractivity contribution in [2.45, 2.75) is 38.1 Å². The average Bonchev–Trinajstić information content (AvgIpc) is 2.74. The van der Waals surface area contributed by atoms with Gasteiger partial charge in [-0.1, -0.05) is 53.5 Å². The molecule has 2 saturated heterocycles. The number of esters is 1. The fraction of sp³-hybridized carbons (Fsp3) is 0.480. The van der Waals surface area contributed by atoms with Crippen molar-refractivity contribution in [1.82, 2.24) is 4.90 Å². The second-order valence-corrected chi connectivity index (χ2v) is 9.95. The topological polar surface area (TPSA) is 32.8 Å². The van der Waals surface area contributed by atoms with Crippen LogP contribution in [0.1, 0.15) is 43.7 Å². The highest BCUT2D eigenvalue weighted by Crippen LogP contribution is 2.40. The second kappa shape index (κ2) is 9.01. The third-order valence-electron chi connectivity index (χ3n) is 7.04. The molecular formula is C25H30Cl2N2O2. The predicted molar refractivity (Wildman–Crippen MR) is 127 cm³/mol. The van der Waals surface area contributed by atoms with Crippen molar-refractivity contribution < 1.29 is 9.53 Å². The Hall–Kier alpha value is -1.75. The molecule has 2 aromatic rings. The largest absolute Gasteiger partial charge is 0.469 e. The average molecular weight is 461 g/mol. The lowest BCUT2D eigenvalue weighted by molar-refractivity contribution is -0.147. The lowest BCUT2D eigenvalue weighted by atomic mass is 9.85. The van der Waals surface area contributed by atoms with Crippen LogP contribution in [0.3, 0.4) is 0 Å². The highest BCUT2D eigenvalue weighted by Gasteiger charge is 2.35. The Morgan fingerprint density at radius 1 is 1.00 bits per heavy atom. The monoisotopic (exact) mass is 460 g/mol. The molecule has 0 N–H and O–H groups in total. The van der Waals surface area contributed by atoms with E-state index in [4.69, 9.17) is 27.9 Å². The van der Waals surface area contributed by atoms with Crippen LogP contribution < -0.4 is 4.90 Å². The summed E-state index contributed by atoms with van der Waals surface area (Å²) in [6.07, 6.45) is 1.72. The Balaban J connectivity index is 1.38. The fourth-order valence-corrected chi connectivity index (χ4v) is 5.49. The molecule has 0 atom stereocenters. The van der Waals surface area contributed by atoms with E-state index in [2.05, 4.69) is 47.9 Å². The van der Waals surface area contributed by atoms with Crippen LogP contribution in [0.4, 0.5) is 5.69 Å². The van der Waals surface area contributed by atoms with Crippen molar-refractivity contribution in [3.63, 3.8) is 0 Å². The predicted octanol–water partition coefficient (Wildman–Crippen LogP) is 5.72. The summed E-state index contributed by atoms with van der Waals surface area (Å²) in [7, 11) is 1.48. The molecule has 0 radical (unpaired) electrons. The molecule has 166 valence electrons. The molecule has 0 bridgehead atoms. The second-order valence-electron chi connectivity index (χ2n) is 9.14. The zero-order valence-corrected chi connectivity index (χ0v) is 19.9. The molecule has 2 aromatic carbocycles. The van der Waals surface area contributed by atoms with E-state index in [9.17, 15) is 4.79 Å². The van der Waals surface area contributed by atoms with Gasteiger partial charge in [0.1, 0.15) is 0 Å². The number of anilines is 1. The van der Waals surface area contributed by atoms with E-state index >= 15 is 0 Å². The van der Waals surface area contributed by atoms with Crippen molar-refractivity contribution >= 4 is 34.9 Å². The van der Waals surface area contributed by atoms with E-state index in [-0.39, 0.29) is 17.4 Å². The Labute approximate surface area is 195 Å². The molecule has 0 spiro atoms. The molecule has 0 aliphatic carbocycles. The minimum atomic E-state index is -0.0746. The van der Waals surface area contributed by atoms with Crippen LogP contribution >= 0.6 is 23.2 Å². The Morgan fingerprint density at radius 3 is 2.13 bits per heavy atom. The van der Waals surface area contributed by atoms with E-state index in [1.165, 1.54) is 18.2 Å². The molecule has 6 heteroatoms. The SMILES string of the molecule is COC(=O)C1CCN(C(C)(C)c2ccc(C3CN(c4c(Cl)cccc4Cl)C3)cc2)CC1. The van der Waals surface area contributed by atoms with Gasteiger partial charge in [-0.25, -0.2) is 0 Å². The highest BCUT2D eigenvalue weighted by molar-refractivity contribution is 6.39. The molecule has 4 nitrogen and oxygen atoms in total. The number of methoxy groups -OCH3 is 1. The standard InChI is InChI=1S/C25H30Cl2N2O2/c1-25(2,29-13-11-18(12-14-29)24(30)31-3)20-9-7-17(8-10-20)19-15-28(16-19)23-21(26)5-4-6-22(23)27/h4-10,18-19H,11-16H2,1-3H3. The summed E-state index contributed by atoms with van der Waals surface area (Å²) in [5.41, 5.74) is 3.52. The number of benzene rings is 2. The van der Waals surface area contributed by atoms with E-state index in [0.717, 1.165) is 44.7 Å². The number of likely N-dealkylation sites (tertiary alicyclic amines) is 1. The molecule has 4 rings (SSSR count). The smallest absolute Gasteiger partial charge is 0.308 e. The maximum absolute atomic E-state index is 11.8. The fourth-order valence-electron chi connectivity index (χ4n) is 4.85. The molecule has 2 aliphatic heterocycles. The van der Waals surface area contributed by atoms with E-state index in [1.807, 2.05) is 18.2 Å². The normalized spacial score (nSPS) is 18.7. The van der Waals surface area contributed by atoms with Crippen LogP contribution in [-0.4, -0.2) is 44.2 Å². The van der Waals surface area contributed by atoms with Gasteiger partial charge < -0.3 is 9.64 Å². The number of piperidine rings is 1. The maximum Gasteiger partial charge on any atom is 0.308 e. The van der Waals surface area contributed by atoms with Gasteiger partial charge in [-0.3, -0.25) is 9.69 Å². The number of nitrogens with zero attached hydrogens (tertiary/aromatic N) is 2. The molecule has 0 saturated carbocycles. The third-order valence-corrected chi connectivity index (χ3v) is 7.65. The van der Waals surface area contributed by atoms with Crippen LogP contribution in [-0.2, 0) is 15.1 Å². The van der Waals surface area contributed by atoms with Gasteiger partial charge in [0.05, 0.1) is 28.8 Å². The van der Waals surface area contributed by atoms with Crippen molar-refractivity contribution in [2.24, 2.45) is 5.92 Å². The van der Waals surface area contributed by atoms with Gasteiger partial charge in [0.25, 0.3) is 0 Å². The zero-order chi connectivity index (χ0) is 22.2. The number of hydrogen-bond donors (Lipinski definition) is 0. The molecule has 0 aromatic heterocycles. The van der Waals surface area contributed by atoms with Gasteiger partial charge in [0, 0.05) is 24.5 Å². The van der Waals surface area contributed by atoms with Gasteiger partial charge in [-0.2, -0.15) is 0 Å². The molecule has 0 unspecified atom stereocenters. The van der Waals surface area contributed by atoms with Crippen molar-refractivity contribution in [3.8, 4) is 0 Å². The number of hydrogen-bond acceptors (Lipinski definition) is 4. The summed E-state index contributed by atoms with van der Waals surface area (Å²) >= 11 is 12.7. The number of carbonyl (C=O) groups is 1. The Bertz CT molecular complexity index is 911. The summed E-state index contributed by atoms with van der Waals surface area (Å²) in [4.78, 5) is 16.5. The van der Waals surface area contributed by atoms with Gasteiger partial charge in [-0.15, -0.1) is 0 Å². The van der Waals surface area contributed by atoms with Crippen LogP contribution in [0.5, 0.6) is 0 Å². The minimum absolute atomic E-state index is 0.0348. The first-order valence-electron chi connectivity index (χ1n) is 10.9. The third kappa shape index (κ3) is 4.44. The first-order chi connectivity index (χ1) is 14.8. The summed E-state index contributed by atoms with van der Waals surface area (Å²) in [5, 5.41) is 1.41. The summed E-state index contributed by atoms with van der Waals surface area (Å²) in [6.45, 7) is 8.20. The van der Waals surface area contributed by atoms with Gasteiger partial charge in [-0.05, 0) is 63.0 Å². The number of carbonyl (C=O) groups excluding carboxylic acids is 1. The van der Waals surface area contributed by atoms with E-state index in [1.54, 1.807) is 0 Å². The van der Waals surface area contributed by atoms with Crippen molar-refractivity contribution in [3.05, 3.63) is 63.6 Å². The minimum Gasteiger partial charge on any atom is -0.469 e. The highest BCUT2D eigenvalue weighted by atomic mass is 35.5. The summed E-state index contributed by atoms with van der Waals surface area (Å²) in [5.74, 6) is 0.447. The van der Waals surface area contributed by atoms with Gasteiger partial charge in [0.15, 0.2) is 0 Å². The number of para-hydroxylation sites is 1. The number of ether oxygens (including phenoxy) is 1. The molecule has 2 fully saturated rings. The molecular weight excluding hydrogens is 431 g/mol. The van der Waals surface area contributed by atoms with Crippen LogP contribution in [0.25, 0.3) is 0 Å². The van der Waals surface area contributed by atoms with Gasteiger partial charge in [0.2, 0.25) is 0 Å². The van der Waals surface area contributed by atoms with Crippen molar-refractivity contribution in [1.29, 1.82) is 0 Å². The lowest BCUT2D eigenvalue weighted by Gasteiger charge is -2.44. The van der Waals surface area contributed by atoms with E-state index < -0.39 is 0 Å². The lowest BCUT2D eigenvalue weighted by Crippen LogP contribution is -2.47. The molecule has 2 heterocycles. The molecule has 31 heavy (non-hydrogen) atoms. The maximum atomic E-state index is 11.8. The molecule has 2 aliphatic rings. The summed E-state index contributed by atoms with van der Waals surface area (Å²) in [6, 6.07) is 14.7. The number of rotatable bonds is 5. The van der Waals surface area contributed by atoms with Crippen LogP contribution in [0, 0.1) is 5.92 Å². The quantitative estimate of drug-likeness (QED) is 0.534. The molecule has 0 amide bonds. The van der Waals surface area contributed by atoms with E-state index in [0.29, 0.717) is 16.0 Å².